The van der Waals surface area contributed by atoms with Crippen LogP contribution in [0, 0.1) is 6.92 Å². The molecule has 0 aromatic heterocycles. The molecule has 0 radical (unpaired) electrons. The number of hydrogen-bond donors (Lipinski definition) is 2. The third-order valence-corrected chi connectivity index (χ3v) is 2.38. The van der Waals surface area contributed by atoms with Crippen LogP contribution in [-0.2, 0) is 0 Å². The van der Waals surface area contributed by atoms with Gasteiger partial charge in [0, 0.05) is 0 Å². The summed E-state index contributed by atoms with van der Waals surface area (Å²) in [6.45, 7) is 1.98. The van der Waals surface area contributed by atoms with Crippen LogP contribution in [0.1, 0.15) is 5.56 Å². The quantitative estimate of drug-likeness (QED) is 0.755. The lowest BCUT2D eigenvalue weighted by molar-refractivity contribution is 0.483. The highest BCUT2D eigenvalue weighted by atomic mass is 16.5. The van der Waals surface area contributed by atoms with E-state index in [1.165, 1.54) is 0 Å². The maximum atomic E-state index is 5.81. The number of nitrogen functional groups attached to an aromatic ring is 2. The molecule has 0 bridgehead atoms. The number of hydrogen-bond acceptors (Lipinski definition) is 3. The number of para-hydroxylation sites is 2. The predicted molar refractivity (Wildman–Crippen MR) is 66.5 cm³/mol. The van der Waals surface area contributed by atoms with Crippen LogP contribution in [0.4, 0.5) is 11.4 Å². The molecular weight excluding hydrogens is 200 g/mol. The van der Waals surface area contributed by atoms with E-state index in [1.807, 2.05) is 31.2 Å². The molecule has 2 aromatic rings. The smallest absolute Gasteiger partial charge is 0.173 e. The van der Waals surface area contributed by atoms with Crippen molar-refractivity contribution in [3.8, 4) is 11.5 Å². The van der Waals surface area contributed by atoms with Gasteiger partial charge in [0.25, 0.3) is 0 Å². The van der Waals surface area contributed by atoms with E-state index in [1.54, 1.807) is 18.2 Å². The number of aryl methyl sites for hydroxylation is 1. The van der Waals surface area contributed by atoms with Gasteiger partial charge in [0.15, 0.2) is 5.75 Å². The predicted octanol–water partition coefficient (Wildman–Crippen LogP) is 2.95. The second kappa shape index (κ2) is 4.14. The summed E-state index contributed by atoms with van der Waals surface area (Å²) in [6, 6.07) is 13.1. The van der Waals surface area contributed by atoms with Gasteiger partial charge in [-0.1, -0.05) is 24.3 Å². The average molecular weight is 214 g/mol. The van der Waals surface area contributed by atoms with Crippen LogP contribution in [0.15, 0.2) is 42.5 Å². The molecule has 0 unspecified atom stereocenters. The van der Waals surface area contributed by atoms with Crippen molar-refractivity contribution in [2.45, 2.75) is 6.92 Å². The summed E-state index contributed by atoms with van der Waals surface area (Å²) in [6.07, 6.45) is 0. The molecular formula is C13H14N2O. The number of anilines is 2. The molecule has 0 amide bonds. The summed E-state index contributed by atoms with van der Waals surface area (Å²) >= 11 is 0. The number of ether oxygens (including phenoxy) is 1. The third kappa shape index (κ3) is 1.93. The van der Waals surface area contributed by atoms with Gasteiger partial charge in [-0.2, -0.15) is 0 Å². The molecule has 0 aliphatic carbocycles. The molecule has 2 aromatic carbocycles. The molecule has 3 nitrogen and oxygen atoms in total. The molecule has 16 heavy (non-hydrogen) atoms. The summed E-state index contributed by atoms with van der Waals surface area (Å²) < 4.78 is 5.72. The van der Waals surface area contributed by atoms with Crippen LogP contribution in [-0.4, -0.2) is 0 Å². The van der Waals surface area contributed by atoms with Crippen molar-refractivity contribution >= 4 is 11.4 Å². The zero-order valence-electron chi connectivity index (χ0n) is 9.10. The van der Waals surface area contributed by atoms with Crippen LogP contribution >= 0.6 is 0 Å². The normalized spacial score (nSPS) is 10.1. The van der Waals surface area contributed by atoms with E-state index in [0.29, 0.717) is 17.1 Å². The first-order valence-corrected chi connectivity index (χ1v) is 5.06. The molecule has 4 N–H and O–H groups in total. The Morgan fingerprint density at radius 1 is 0.875 bits per heavy atom. The fourth-order valence-electron chi connectivity index (χ4n) is 1.47. The maximum absolute atomic E-state index is 5.81. The van der Waals surface area contributed by atoms with E-state index in [4.69, 9.17) is 16.2 Å². The molecule has 0 atom stereocenters. The minimum atomic E-state index is 0.525. The molecule has 0 saturated carbocycles. The van der Waals surface area contributed by atoms with Crippen molar-refractivity contribution in [3.63, 3.8) is 0 Å². The summed E-state index contributed by atoms with van der Waals surface area (Å²) in [7, 11) is 0. The summed E-state index contributed by atoms with van der Waals surface area (Å²) in [5.74, 6) is 1.30. The Bertz CT molecular complexity index is 489. The Balaban J connectivity index is 2.38. The molecule has 3 heteroatoms. The molecule has 0 aliphatic heterocycles. The van der Waals surface area contributed by atoms with Crippen LogP contribution in [0.2, 0.25) is 0 Å². The zero-order valence-corrected chi connectivity index (χ0v) is 9.10. The second-order valence-electron chi connectivity index (χ2n) is 3.63. The molecule has 0 heterocycles. The van der Waals surface area contributed by atoms with Crippen molar-refractivity contribution in [1.82, 2.24) is 0 Å². The fourth-order valence-corrected chi connectivity index (χ4v) is 1.47. The maximum Gasteiger partial charge on any atom is 0.173 e. The Morgan fingerprint density at radius 3 is 2.12 bits per heavy atom. The van der Waals surface area contributed by atoms with Crippen LogP contribution in [0.5, 0.6) is 11.5 Å². The minimum Gasteiger partial charge on any atom is -0.453 e. The highest BCUT2D eigenvalue weighted by Crippen LogP contribution is 2.34. The third-order valence-electron chi connectivity index (χ3n) is 2.38. The molecule has 0 spiro atoms. The van der Waals surface area contributed by atoms with E-state index in [-0.39, 0.29) is 0 Å². The Hall–Kier alpha value is -2.16. The van der Waals surface area contributed by atoms with E-state index in [9.17, 15) is 0 Å². The second-order valence-corrected chi connectivity index (χ2v) is 3.63. The van der Waals surface area contributed by atoms with Gasteiger partial charge < -0.3 is 16.2 Å². The first-order chi connectivity index (χ1) is 7.68. The fraction of sp³-hybridized carbons (Fsp3) is 0.0769. The van der Waals surface area contributed by atoms with Crippen molar-refractivity contribution in [3.05, 3.63) is 48.0 Å². The molecule has 0 aliphatic rings. The minimum absolute atomic E-state index is 0.525. The molecule has 0 fully saturated rings. The highest BCUT2D eigenvalue weighted by molar-refractivity contribution is 5.68. The summed E-state index contributed by atoms with van der Waals surface area (Å²) in [5, 5.41) is 0. The van der Waals surface area contributed by atoms with Gasteiger partial charge in [-0.05, 0) is 30.7 Å². The topological polar surface area (TPSA) is 61.3 Å². The number of benzene rings is 2. The van der Waals surface area contributed by atoms with Gasteiger partial charge in [-0.15, -0.1) is 0 Å². The Labute approximate surface area is 94.6 Å². The lowest BCUT2D eigenvalue weighted by atomic mass is 10.2. The monoisotopic (exact) mass is 214 g/mol. The summed E-state index contributed by atoms with van der Waals surface area (Å²) in [4.78, 5) is 0. The van der Waals surface area contributed by atoms with E-state index >= 15 is 0 Å². The lowest BCUT2D eigenvalue weighted by Crippen LogP contribution is -1.97. The van der Waals surface area contributed by atoms with Crippen molar-refractivity contribution in [2.75, 3.05) is 11.5 Å². The number of rotatable bonds is 2. The van der Waals surface area contributed by atoms with Crippen molar-refractivity contribution < 1.29 is 4.74 Å². The molecule has 82 valence electrons. The van der Waals surface area contributed by atoms with Crippen LogP contribution in [0.3, 0.4) is 0 Å². The van der Waals surface area contributed by atoms with Gasteiger partial charge in [-0.3, -0.25) is 0 Å². The SMILES string of the molecule is Cc1ccccc1Oc1c(N)cccc1N. The molecule has 2 rings (SSSR count). The summed E-state index contributed by atoms with van der Waals surface area (Å²) in [5.41, 5.74) is 13.8. The Kier molecular flexibility index (Phi) is 2.68. The van der Waals surface area contributed by atoms with E-state index in [2.05, 4.69) is 0 Å². The Morgan fingerprint density at radius 2 is 1.50 bits per heavy atom. The average Bonchev–Trinajstić information content (AvgIpc) is 2.26. The standard InChI is InChI=1S/C13H14N2O/c1-9-5-2-3-8-12(9)16-13-10(14)6-4-7-11(13)15/h2-8H,14-15H2,1H3. The van der Waals surface area contributed by atoms with Gasteiger partial charge in [0.1, 0.15) is 5.75 Å². The van der Waals surface area contributed by atoms with Gasteiger partial charge in [0.2, 0.25) is 0 Å². The van der Waals surface area contributed by atoms with Crippen molar-refractivity contribution in [2.24, 2.45) is 0 Å². The van der Waals surface area contributed by atoms with Crippen LogP contribution in [0.25, 0.3) is 0 Å². The highest BCUT2D eigenvalue weighted by Gasteiger charge is 2.07. The van der Waals surface area contributed by atoms with Crippen LogP contribution < -0.4 is 16.2 Å². The number of nitrogens with two attached hydrogens (primary N) is 2. The zero-order chi connectivity index (χ0) is 11.5. The lowest BCUT2D eigenvalue weighted by Gasteiger charge is -2.12. The first-order valence-electron chi connectivity index (χ1n) is 5.06. The van der Waals surface area contributed by atoms with Gasteiger partial charge >= 0.3 is 0 Å². The first kappa shape index (κ1) is 10.4. The van der Waals surface area contributed by atoms with E-state index in [0.717, 1.165) is 11.3 Å². The molecule has 0 saturated heterocycles. The largest absolute Gasteiger partial charge is 0.453 e. The van der Waals surface area contributed by atoms with Gasteiger partial charge in [-0.25, -0.2) is 0 Å². The van der Waals surface area contributed by atoms with E-state index < -0.39 is 0 Å². The van der Waals surface area contributed by atoms with Gasteiger partial charge in [0.05, 0.1) is 11.4 Å². The van der Waals surface area contributed by atoms with Crippen molar-refractivity contribution in [1.29, 1.82) is 0 Å².